The molecule has 1 N–H and O–H groups in total. The number of benzene rings is 1. The van der Waals surface area contributed by atoms with Crippen molar-refractivity contribution in [1.82, 2.24) is 5.32 Å². The summed E-state index contributed by atoms with van der Waals surface area (Å²) in [5.74, 6) is 0.196. The van der Waals surface area contributed by atoms with Crippen molar-refractivity contribution in [3.05, 3.63) is 35.4 Å². The Morgan fingerprint density at radius 2 is 1.94 bits per heavy atom. The number of nitrogens with one attached hydrogen (secondary N) is 1. The third-order valence-corrected chi connectivity index (χ3v) is 3.92. The van der Waals surface area contributed by atoms with Crippen LogP contribution in [0, 0.1) is 6.92 Å². The van der Waals surface area contributed by atoms with Crippen molar-refractivity contribution < 1.29 is 8.42 Å². The van der Waals surface area contributed by atoms with Gasteiger partial charge in [0, 0.05) is 12.3 Å². The van der Waals surface area contributed by atoms with Crippen LogP contribution in [0.3, 0.4) is 0 Å². The van der Waals surface area contributed by atoms with Gasteiger partial charge in [-0.2, -0.15) is 0 Å². The second kappa shape index (κ2) is 6.90. The van der Waals surface area contributed by atoms with Crippen molar-refractivity contribution in [2.45, 2.75) is 32.7 Å². The fourth-order valence-electron chi connectivity index (χ4n) is 2.01. The molecular formula is C14H23NO2S. The molecule has 0 heterocycles. The van der Waals surface area contributed by atoms with Crippen LogP contribution >= 0.6 is 0 Å². The zero-order valence-electron chi connectivity index (χ0n) is 11.4. The molecule has 0 aliphatic rings. The van der Waals surface area contributed by atoms with E-state index in [9.17, 15) is 8.42 Å². The lowest BCUT2D eigenvalue weighted by Crippen LogP contribution is -2.37. The normalized spacial score (nSPS) is 13.5. The zero-order chi connectivity index (χ0) is 13.6. The highest BCUT2D eigenvalue weighted by Gasteiger charge is 2.15. The highest BCUT2D eigenvalue weighted by molar-refractivity contribution is 7.90. The minimum Gasteiger partial charge on any atom is -0.313 e. The van der Waals surface area contributed by atoms with Crippen molar-refractivity contribution in [1.29, 1.82) is 0 Å². The van der Waals surface area contributed by atoms with E-state index in [2.05, 4.69) is 31.3 Å². The Labute approximate surface area is 111 Å². The molecule has 1 unspecified atom stereocenters. The number of sulfone groups is 1. The second-order valence-electron chi connectivity index (χ2n) is 4.87. The average molecular weight is 269 g/mol. The molecule has 1 aromatic rings. The first kappa shape index (κ1) is 15.2. The summed E-state index contributed by atoms with van der Waals surface area (Å²) in [7, 11) is -2.95. The minimum atomic E-state index is -2.95. The maximum Gasteiger partial charge on any atom is 0.148 e. The summed E-state index contributed by atoms with van der Waals surface area (Å²) < 4.78 is 22.9. The molecule has 1 rings (SSSR count). The quantitative estimate of drug-likeness (QED) is 0.823. The van der Waals surface area contributed by atoms with Gasteiger partial charge < -0.3 is 5.32 Å². The van der Waals surface area contributed by atoms with Crippen LogP contribution < -0.4 is 5.32 Å². The van der Waals surface area contributed by atoms with Gasteiger partial charge in [-0.1, -0.05) is 31.2 Å². The van der Waals surface area contributed by atoms with Gasteiger partial charge in [-0.25, -0.2) is 8.42 Å². The van der Waals surface area contributed by atoms with Gasteiger partial charge in [-0.3, -0.25) is 0 Å². The number of hydrogen-bond donors (Lipinski definition) is 1. The van der Waals surface area contributed by atoms with Crippen molar-refractivity contribution in [2.75, 3.05) is 18.6 Å². The summed E-state index contributed by atoms with van der Waals surface area (Å²) in [4.78, 5) is 0. The molecule has 0 bridgehead atoms. The maximum absolute atomic E-state index is 11.4. The van der Waals surface area contributed by atoms with E-state index in [0.717, 1.165) is 19.4 Å². The van der Waals surface area contributed by atoms with Gasteiger partial charge >= 0.3 is 0 Å². The van der Waals surface area contributed by atoms with Crippen LogP contribution in [-0.2, 0) is 16.3 Å². The van der Waals surface area contributed by atoms with E-state index in [1.54, 1.807) is 0 Å². The van der Waals surface area contributed by atoms with E-state index in [4.69, 9.17) is 0 Å². The van der Waals surface area contributed by atoms with Crippen molar-refractivity contribution in [2.24, 2.45) is 0 Å². The molecule has 0 amide bonds. The Hall–Kier alpha value is -0.870. The molecule has 0 fully saturated rings. The molecule has 0 aliphatic heterocycles. The molecule has 0 radical (unpaired) electrons. The highest BCUT2D eigenvalue weighted by Crippen LogP contribution is 2.10. The molecule has 102 valence electrons. The molecule has 0 aromatic heterocycles. The molecule has 1 atom stereocenters. The highest BCUT2D eigenvalue weighted by atomic mass is 32.2. The van der Waals surface area contributed by atoms with E-state index >= 15 is 0 Å². The molecule has 1 aromatic carbocycles. The van der Waals surface area contributed by atoms with Gasteiger partial charge in [0.05, 0.1) is 5.75 Å². The fraction of sp³-hybridized carbons (Fsp3) is 0.571. The van der Waals surface area contributed by atoms with Crippen molar-refractivity contribution >= 4 is 9.84 Å². The smallest absolute Gasteiger partial charge is 0.148 e. The molecule has 0 spiro atoms. The molecular weight excluding hydrogens is 246 g/mol. The average Bonchev–Trinajstić information content (AvgIpc) is 2.27. The van der Waals surface area contributed by atoms with Crippen LogP contribution in [0.15, 0.2) is 24.3 Å². The number of hydrogen-bond acceptors (Lipinski definition) is 3. The van der Waals surface area contributed by atoms with Crippen LogP contribution in [-0.4, -0.2) is 33.0 Å². The Bertz CT molecular complexity index is 468. The van der Waals surface area contributed by atoms with Crippen LogP contribution in [0.2, 0.25) is 0 Å². The van der Waals surface area contributed by atoms with Crippen molar-refractivity contribution in [3.8, 4) is 0 Å². The topological polar surface area (TPSA) is 46.2 Å². The predicted molar refractivity (Wildman–Crippen MR) is 76.7 cm³/mol. The van der Waals surface area contributed by atoms with Gasteiger partial charge in [0.1, 0.15) is 9.84 Å². The van der Waals surface area contributed by atoms with E-state index < -0.39 is 9.84 Å². The molecule has 3 nitrogen and oxygen atoms in total. The van der Waals surface area contributed by atoms with Crippen molar-refractivity contribution in [3.63, 3.8) is 0 Å². The Kier molecular flexibility index (Phi) is 5.82. The van der Waals surface area contributed by atoms with Gasteiger partial charge in [-0.05, 0) is 37.4 Å². The fourth-order valence-corrected chi connectivity index (χ4v) is 2.98. The molecule has 0 aliphatic carbocycles. The maximum atomic E-state index is 11.4. The summed E-state index contributed by atoms with van der Waals surface area (Å²) in [5.41, 5.74) is 2.43. The van der Waals surface area contributed by atoms with Crippen LogP contribution in [0.5, 0.6) is 0 Å². The minimum absolute atomic E-state index is 0.000972. The Balaban J connectivity index is 2.75. The van der Waals surface area contributed by atoms with Crippen LogP contribution in [0.4, 0.5) is 0 Å². The summed E-state index contributed by atoms with van der Waals surface area (Å²) in [5, 5.41) is 3.32. The largest absolute Gasteiger partial charge is 0.313 e. The summed E-state index contributed by atoms with van der Waals surface area (Å²) >= 11 is 0. The monoisotopic (exact) mass is 269 g/mol. The van der Waals surface area contributed by atoms with Gasteiger partial charge in [0.2, 0.25) is 0 Å². The first-order chi connectivity index (χ1) is 8.42. The van der Waals surface area contributed by atoms with Gasteiger partial charge in [0.15, 0.2) is 0 Å². The van der Waals surface area contributed by atoms with Gasteiger partial charge in [0.25, 0.3) is 0 Å². The van der Waals surface area contributed by atoms with E-state index in [1.165, 1.54) is 17.4 Å². The van der Waals surface area contributed by atoms with Gasteiger partial charge in [-0.15, -0.1) is 0 Å². The first-order valence-corrected chi connectivity index (χ1v) is 8.44. The molecule has 4 heteroatoms. The lowest BCUT2D eigenvalue weighted by atomic mass is 10.0. The summed E-state index contributed by atoms with van der Waals surface area (Å²) in [6, 6.07) is 8.13. The first-order valence-electron chi connectivity index (χ1n) is 6.38. The standard InChI is InChI=1S/C14H23NO2S/c1-4-9-15-14(11-18(3,16)17)10-13-8-6-5-7-12(13)2/h5-8,14-15H,4,9-11H2,1-3H3. The molecule has 0 saturated carbocycles. The second-order valence-corrected chi connectivity index (χ2v) is 7.06. The predicted octanol–water partition coefficient (Wildman–Crippen LogP) is 1.95. The summed E-state index contributed by atoms with van der Waals surface area (Å²) in [6.45, 7) is 5.00. The number of rotatable bonds is 7. The molecule has 0 saturated heterocycles. The Morgan fingerprint density at radius 3 is 2.50 bits per heavy atom. The number of aryl methyl sites for hydroxylation is 1. The third-order valence-electron chi connectivity index (χ3n) is 2.91. The zero-order valence-corrected chi connectivity index (χ0v) is 12.3. The summed E-state index contributed by atoms with van der Waals surface area (Å²) in [6.07, 6.45) is 3.07. The van der Waals surface area contributed by atoms with E-state index in [1.807, 2.05) is 12.1 Å². The Morgan fingerprint density at radius 1 is 1.28 bits per heavy atom. The van der Waals surface area contributed by atoms with Crippen LogP contribution in [0.25, 0.3) is 0 Å². The van der Waals surface area contributed by atoms with Crippen LogP contribution in [0.1, 0.15) is 24.5 Å². The van der Waals surface area contributed by atoms with E-state index in [0.29, 0.717) is 0 Å². The SMILES string of the molecule is CCCNC(Cc1ccccc1C)CS(C)(=O)=O. The lowest BCUT2D eigenvalue weighted by Gasteiger charge is -2.18. The third kappa shape index (κ3) is 5.65. The molecule has 18 heavy (non-hydrogen) atoms. The van der Waals surface area contributed by atoms with E-state index in [-0.39, 0.29) is 11.8 Å². The lowest BCUT2D eigenvalue weighted by molar-refractivity contribution is 0.529.